The van der Waals surface area contributed by atoms with Crippen molar-refractivity contribution in [1.82, 2.24) is 30.4 Å². The van der Waals surface area contributed by atoms with E-state index in [1.54, 1.807) is 18.2 Å². The Morgan fingerprint density at radius 2 is 2.12 bits per heavy atom. The van der Waals surface area contributed by atoms with Crippen LogP contribution in [0.25, 0.3) is 5.69 Å². The van der Waals surface area contributed by atoms with E-state index in [0.29, 0.717) is 22.7 Å². The van der Waals surface area contributed by atoms with E-state index in [1.807, 2.05) is 6.92 Å². The molecule has 12 heteroatoms. The van der Waals surface area contributed by atoms with Gasteiger partial charge in [-0.3, -0.25) is 9.59 Å². The molecule has 0 radical (unpaired) electrons. The zero-order chi connectivity index (χ0) is 23.1. The molecule has 2 aliphatic rings. The van der Waals surface area contributed by atoms with Gasteiger partial charge < -0.3 is 16.0 Å². The quantitative estimate of drug-likeness (QED) is 0.639. The standard InChI is InChI=1S/C20H24ClF2N7O2/c1-19(4-5-19)7-14(24)18(32)29-10-20(22,23)8-16(29)17(31)25-9-12-6-13(21)2-3-15(12)30-11-26-27-28-30/h2-3,6,11,14,16H,4-5,7-10,24H2,1H3,(H,25,31)/t14-,16?/m1/s1. The molecule has 9 nitrogen and oxygen atoms in total. The maximum atomic E-state index is 14.2. The van der Waals surface area contributed by atoms with E-state index in [-0.39, 0.29) is 12.0 Å². The Labute approximate surface area is 188 Å². The Balaban J connectivity index is 1.47. The van der Waals surface area contributed by atoms with Crippen LogP contribution in [0, 0.1) is 5.41 Å². The third-order valence-electron chi connectivity index (χ3n) is 6.08. The number of halogens is 3. The number of aromatic nitrogens is 4. The van der Waals surface area contributed by atoms with Gasteiger partial charge in [0, 0.05) is 18.0 Å². The molecule has 2 atom stereocenters. The number of nitrogens with zero attached hydrogens (tertiary/aromatic N) is 5. The fourth-order valence-corrected chi connectivity index (χ4v) is 4.22. The van der Waals surface area contributed by atoms with Gasteiger partial charge in [-0.25, -0.2) is 13.5 Å². The summed E-state index contributed by atoms with van der Waals surface area (Å²) < 4.78 is 29.8. The molecule has 2 aromatic rings. The second-order valence-corrected chi connectivity index (χ2v) is 9.34. The highest BCUT2D eigenvalue weighted by Gasteiger charge is 2.51. The topological polar surface area (TPSA) is 119 Å². The Morgan fingerprint density at radius 3 is 2.78 bits per heavy atom. The summed E-state index contributed by atoms with van der Waals surface area (Å²) in [5, 5.41) is 14.1. The summed E-state index contributed by atoms with van der Waals surface area (Å²) in [5.74, 6) is -4.45. The van der Waals surface area contributed by atoms with E-state index in [1.165, 1.54) is 11.0 Å². The second kappa shape index (κ2) is 8.36. The summed E-state index contributed by atoms with van der Waals surface area (Å²) in [4.78, 5) is 26.6. The first kappa shape index (κ1) is 22.5. The number of rotatable bonds is 7. The first-order chi connectivity index (χ1) is 15.1. The van der Waals surface area contributed by atoms with Gasteiger partial charge in [-0.2, -0.15) is 0 Å². The van der Waals surface area contributed by atoms with Crippen molar-refractivity contribution in [2.24, 2.45) is 11.1 Å². The molecule has 1 saturated heterocycles. The molecule has 1 aliphatic carbocycles. The molecule has 1 aromatic carbocycles. The van der Waals surface area contributed by atoms with Crippen LogP contribution in [-0.2, 0) is 16.1 Å². The van der Waals surface area contributed by atoms with Crippen LogP contribution >= 0.6 is 11.6 Å². The molecule has 32 heavy (non-hydrogen) atoms. The number of alkyl halides is 2. The van der Waals surface area contributed by atoms with E-state index in [0.717, 1.165) is 17.7 Å². The number of nitrogens with two attached hydrogens (primary N) is 1. The lowest BCUT2D eigenvalue weighted by atomic mass is 9.98. The average molecular weight is 468 g/mol. The molecule has 1 aromatic heterocycles. The van der Waals surface area contributed by atoms with Crippen LogP contribution in [0.15, 0.2) is 24.5 Å². The third kappa shape index (κ3) is 4.88. The van der Waals surface area contributed by atoms with E-state index in [9.17, 15) is 18.4 Å². The zero-order valence-corrected chi connectivity index (χ0v) is 18.2. The summed E-state index contributed by atoms with van der Waals surface area (Å²) in [5.41, 5.74) is 7.16. The van der Waals surface area contributed by atoms with Crippen LogP contribution in [0.5, 0.6) is 0 Å². The van der Waals surface area contributed by atoms with Gasteiger partial charge in [-0.15, -0.1) is 5.10 Å². The maximum Gasteiger partial charge on any atom is 0.267 e. The molecule has 0 spiro atoms. The van der Waals surface area contributed by atoms with E-state index in [4.69, 9.17) is 17.3 Å². The largest absolute Gasteiger partial charge is 0.350 e. The fourth-order valence-electron chi connectivity index (χ4n) is 4.02. The van der Waals surface area contributed by atoms with Crippen molar-refractivity contribution in [3.63, 3.8) is 0 Å². The van der Waals surface area contributed by atoms with E-state index in [2.05, 4.69) is 20.8 Å². The van der Waals surface area contributed by atoms with Crippen molar-refractivity contribution in [3.8, 4) is 5.69 Å². The minimum atomic E-state index is -3.16. The lowest BCUT2D eigenvalue weighted by Gasteiger charge is -2.27. The molecule has 3 N–H and O–H groups in total. The minimum absolute atomic E-state index is 0.0111. The normalized spacial score (nSPS) is 21.9. The number of hydrogen-bond donors (Lipinski definition) is 2. The number of likely N-dealkylation sites (tertiary alicyclic amines) is 1. The summed E-state index contributed by atoms with van der Waals surface area (Å²) >= 11 is 6.08. The van der Waals surface area contributed by atoms with Crippen LogP contribution < -0.4 is 11.1 Å². The van der Waals surface area contributed by atoms with Crippen molar-refractivity contribution < 1.29 is 18.4 Å². The fraction of sp³-hybridized carbons (Fsp3) is 0.550. The number of carbonyl (C=O) groups is 2. The number of nitrogens with one attached hydrogen (secondary N) is 1. The van der Waals surface area contributed by atoms with Gasteiger partial charge >= 0.3 is 0 Å². The van der Waals surface area contributed by atoms with Gasteiger partial charge in [0.25, 0.3) is 5.92 Å². The highest BCUT2D eigenvalue weighted by molar-refractivity contribution is 6.30. The maximum absolute atomic E-state index is 14.2. The van der Waals surface area contributed by atoms with Gasteiger partial charge in [-0.1, -0.05) is 18.5 Å². The van der Waals surface area contributed by atoms with Crippen LogP contribution in [0.1, 0.15) is 38.2 Å². The second-order valence-electron chi connectivity index (χ2n) is 8.91. The van der Waals surface area contributed by atoms with Crippen LogP contribution in [0.3, 0.4) is 0 Å². The Bertz CT molecular complexity index is 1010. The zero-order valence-electron chi connectivity index (χ0n) is 17.5. The lowest BCUT2D eigenvalue weighted by molar-refractivity contribution is -0.140. The molecule has 1 aliphatic heterocycles. The summed E-state index contributed by atoms with van der Waals surface area (Å²) in [6.07, 6.45) is 2.97. The Morgan fingerprint density at radius 1 is 1.38 bits per heavy atom. The highest BCUT2D eigenvalue weighted by atomic mass is 35.5. The number of carbonyl (C=O) groups excluding carboxylic acids is 2. The highest BCUT2D eigenvalue weighted by Crippen LogP contribution is 2.49. The smallest absolute Gasteiger partial charge is 0.267 e. The predicted molar refractivity (Wildman–Crippen MR) is 111 cm³/mol. The van der Waals surface area contributed by atoms with Crippen LogP contribution in [-0.4, -0.2) is 61.5 Å². The van der Waals surface area contributed by atoms with E-state index >= 15 is 0 Å². The molecule has 2 fully saturated rings. The van der Waals surface area contributed by atoms with Crippen molar-refractivity contribution in [3.05, 3.63) is 35.1 Å². The summed E-state index contributed by atoms with van der Waals surface area (Å²) in [6, 6.07) is 2.73. The monoisotopic (exact) mass is 467 g/mol. The summed E-state index contributed by atoms with van der Waals surface area (Å²) in [7, 11) is 0. The predicted octanol–water partition coefficient (Wildman–Crippen LogP) is 1.69. The molecule has 2 amide bonds. The molecule has 1 saturated carbocycles. The molecular weight excluding hydrogens is 444 g/mol. The van der Waals surface area contributed by atoms with Crippen LogP contribution in [0.4, 0.5) is 8.78 Å². The van der Waals surface area contributed by atoms with Gasteiger partial charge in [0.05, 0.1) is 18.3 Å². The Hall–Kier alpha value is -2.66. The number of hydrogen-bond acceptors (Lipinski definition) is 6. The average Bonchev–Trinajstić information content (AvgIpc) is 3.13. The molecule has 4 rings (SSSR count). The molecule has 1 unspecified atom stereocenters. The Kier molecular flexibility index (Phi) is 5.89. The number of tetrazole rings is 1. The van der Waals surface area contributed by atoms with Crippen molar-refractivity contribution in [2.45, 2.75) is 57.2 Å². The molecule has 2 heterocycles. The third-order valence-corrected chi connectivity index (χ3v) is 6.31. The van der Waals surface area contributed by atoms with Gasteiger partial charge in [0.1, 0.15) is 12.4 Å². The number of amides is 2. The summed E-state index contributed by atoms with van der Waals surface area (Å²) in [6.45, 7) is 1.18. The first-order valence-corrected chi connectivity index (χ1v) is 10.7. The van der Waals surface area contributed by atoms with Gasteiger partial charge in [0.2, 0.25) is 11.8 Å². The minimum Gasteiger partial charge on any atom is -0.350 e. The number of benzene rings is 1. The van der Waals surface area contributed by atoms with Crippen molar-refractivity contribution in [2.75, 3.05) is 6.54 Å². The van der Waals surface area contributed by atoms with Crippen molar-refractivity contribution >= 4 is 23.4 Å². The van der Waals surface area contributed by atoms with E-state index < -0.39 is 42.8 Å². The molecule has 172 valence electrons. The van der Waals surface area contributed by atoms with Gasteiger partial charge in [-0.05, 0) is 58.9 Å². The first-order valence-electron chi connectivity index (χ1n) is 10.3. The lowest BCUT2D eigenvalue weighted by Crippen LogP contribution is -2.51. The molecular formula is C20H24ClF2N7O2. The van der Waals surface area contributed by atoms with Gasteiger partial charge in [0.15, 0.2) is 0 Å². The molecule has 0 bridgehead atoms. The van der Waals surface area contributed by atoms with Crippen molar-refractivity contribution in [1.29, 1.82) is 0 Å². The SMILES string of the molecule is CC1(C[C@@H](N)C(=O)N2CC(F)(F)CC2C(=O)NCc2cc(Cl)ccc2-n2cnnn2)CC1. The van der Waals surface area contributed by atoms with Crippen LogP contribution in [0.2, 0.25) is 5.02 Å².